The van der Waals surface area contributed by atoms with Gasteiger partial charge in [0, 0.05) is 18.7 Å². The van der Waals surface area contributed by atoms with E-state index in [2.05, 4.69) is 11.0 Å². The van der Waals surface area contributed by atoms with Crippen LogP contribution in [0.4, 0.5) is 5.69 Å². The molecule has 1 unspecified atom stereocenters. The van der Waals surface area contributed by atoms with Crippen LogP contribution in [0.15, 0.2) is 36.4 Å². The molecule has 1 aromatic rings. The van der Waals surface area contributed by atoms with Crippen molar-refractivity contribution in [3.63, 3.8) is 0 Å². The third-order valence-corrected chi connectivity index (χ3v) is 3.58. The van der Waals surface area contributed by atoms with Gasteiger partial charge in [-0.15, -0.1) is 0 Å². The Morgan fingerprint density at radius 2 is 1.90 bits per heavy atom. The van der Waals surface area contributed by atoms with Crippen LogP contribution < -0.4 is 0 Å². The number of nitro groups is 1. The molecule has 1 aliphatic rings. The lowest BCUT2D eigenvalue weighted by atomic mass is 10.1. The molecule has 0 radical (unpaired) electrons. The fourth-order valence-electron chi connectivity index (χ4n) is 2.37. The number of rotatable bonds is 6. The number of non-ortho nitro benzene ring substituents is 1. The van der Waals surface area contributed by atoms with E-state index in [4.69, 9.17) is 0 Å². The average molecular weight is 276 g/mol. The number of nitro benzene ring substituents is 1. The minimum atomic E-state index is -0.606. The van der Waals surface area contributed by atoms with Crippen LogP contribution in [0.1, 0.15) is 30.9 Å². The summed E-state index contributed by atoms with van der Waals surface area (Å²) in [6.07, 6.45) is 6.54. The fraction of sp³-hybridized carbons (Fsp3) is 0.467. The van der Waals surface area contributed by atoms with Crippen molar-refractivity contribution in [2.75, 3.05) is 19.6 Å². The molecule has 0 aliphatic carbocycles. The molecule has 1 saturated heterocycles. The Bertz CT molecular complexity index is 465. The molecule has 2 rings (SSSR count). The molecule has 0 saturated carbocycles. The third kappa shape index (κ3) is 4.15. The predicted molar refractivity (Wildman–Crippen MR) is 77.5 cm³/mol. The summed E-state index contributed by atoms with van der Waals surface area (Å²) < 4.78 is 0. The maximum absolute atomic E-state index is 10.5. The van der Waals surface area contributed by atoms with Crippen molar-refractivity contribution in [3.8, 4) is 0 Å². The number of hydrogen-bond donors (Lipinski definition) is 1. The Kier molecular flexibility index (Phi) is 5.26. The van der Waals surface area contributed by atoms with E-state index in [1.807, 2.05) is 6.08 Å². The normalized spacial score (nSPS) is 17.6. The van der Waals surface area contributed by atoms with E-state index < -0.39 is 11.0 Å². The summed E-state index contributed by atoms with van der Waals surface area (Å²) in [4.78, 5) is 12.5. The van der Waals surface area contributed by atoms with Gasteiger partial charge in [-0.05, 0) is 50.0 Å². The van der Waals surface area contributed by atoms with Gasteiger partial charge in [-0.1, -0.05) is 12.2 Å². The van der Waals surface area contributed by atoms with Crippen LogP contribution in [-0.2, 0) is 0 Å². The van der Waals surface area contributed by atoms with Crippen LogP contribution in [0.3, 0.4) is 0 Å². The van der Waals surface area contributed by atoms with Crippen LogP contribution >= 0.6 is 0 Å². The molecule has 20 heavy (non-hydrogen) atoms. The van der Waals surface area contributed by atoms with Crippen molar-refractivity contribution in [2.45, 2.75) is 25.4 Å². The first-order valence-corrected chi connectivity index (χ1v) is 6.96. The molecule has 1 N–H and O–H groups in total. The number of aliphatic hydroxyl groups is 1. The Hall–Kier alpha value is -1.72. The molecule has 1 atom stereocenters. The van der Waals surface area contributed by atoms with Gasteiger partial charge in [-0.25, -0.2) is 0 Å². The van der Waals surface area contributed by atoms with Crippen LogP contribution in [0.25, 0.3) is 0 Å². The second-order valence-electron chi connectivity index (χ2n) is 5.08. The molecule has 1 fully saturated rings. The van der Waals surface area contributed by atoms with Crippen molar-refractivity contribution in [2.24, 2.45) is 0 Å². The Morgan fingerprint density at radius 1 is 1.25 bits per heavy atom. The second-order valence-corrected chi connectivity index (χ2v) is 5.08. The molecule has 0 amide bonds. The predicted octanol–water partition coefficient (Wildman–Crippen LogP) is 2.67. The Morgan fingerprint density at radius 3 is 2.50 bits per heavy atom. The minimum Gasteiger partial charge on any atom is -0.388 e. The molecular weight excluding hydrogens is 256 g/mol. The van der Waals surface area contributed by atoms with Crippen molar-refractivity contribution in [1.82, 2.24) is 4.90 Å². The van der Waals surface area contributed by atoms with Gasteiger partial charge in [0.1, 0.15) is 0 Å². The maximum Gasteiger partial charge on any atom is 0.269 e. The van der Waals surface area contributed by atoms with Crippen LogP contribution in [0.5, 0.6) is 0 Å². The van der Waals surface area contributed by atoms with Gasteiger partial charge in [0.15, 0.2) is 0 Å². The SMILES string of the molecule is O=[N+]([O-])c1ccc(C(O)C/C=C/CN2CCCC2)cc1. The van der Waals surface area contributed by atoms with Crippen molar-refractivity contribution in [3.05, 3.63) is 52.1 Å². The molecule has 5 heteroatoms. The lowest BCUT2D eigenvalue weighted by Gasteiger charge is -2.11. The minimum absolute atomic E-state index is 0.0468. The van der Waals surface area contributed by atoms with Crippen molar-refractivity contribution in [1.29, 1.82) is 0 Å². The Balaban J connectivity index is 1.79. The van der Waals surface area contributed by atoms with Gasteiger partial charge < -0.3 is 5.11 Å². The summed E-state index contributed by atoms with van der Waals surface area (Å²) in [6, 6.07) is 6.06. The standard InChI is InChI=1S/C15H20N2O3/c18-15(5-1-2-10-16-11-3-4-12-16)13-6-8-14(9-7-13)17(19)20/h1-2,6-9,15,18H,3-5,10-12H2/b2-1+. The highest BCUT2D eigenvalue weighted by Gasteiger charge is 2.10. The van der Waals surface area contributed by atoms with E-state index in [-0.39, 0.29) is 5.69 Å². The summed E-state index contributed by atoms with van der Waals surface area (Å²) in [7, 11) is 0. The van der Waals surface area contributed by atoms with Gasteiger partial charge in [-0.3, -0.25) is 15.0 Å². The molecule has 1 heterocycles. The van der Waals surface area contributed by atoms with Gasteiger partial charge in [0.2, 0.25) is 0 Å². The smallest absolute Gasteiger partial charge is 0.269 e. The molecule has 0 aromatic heterocycles. The second kappa shape index (κ2) is 7.17. The maximum atomic E-state index is 10.5. The quantitative estimate of drug-likeness (QED) is 0.493. The highest BCUT2D eigenvalue weighted by Crippen LogP contribution is 2.20. The molecule has 0 bridgehead atoms. The van der Waals surface area contributed by atoms with E-state index in [0.717, 1.165) is 19.6 Å². The van der Waals surface area contributed by atoms with Crippen molar-refractivity contribution < 1.29 is 10.0 Å². The Labute approximate surface area is 118 Å². The molecule has 5 nitrogen and oxygen atoms in total. The largest absolute Gasteiger partial charge is 0.388 e. The highest BCUT2D eigenvalue weighted by molar-refractivity contribution is 5.33. The first-order chi connectivity index (χ1) is 9.66. The molecule has 108 valence electrons. The zero-order chi connectivity index (χ0) is 14.4. The zero-order valence-electron chi connectivity index (χ0n) is 11.4. The highest BCUT2D eigenvalue weighted by atomic mass is 16.6. The van der Waals surface area contributed by atoms with Crippen LogP contribution in [0, 0.1) is 10.1 Å². The number of benzene rings is 1. The van der Waals surface area contributed by atoms with E-state index in [1.165, 1.54) is 25.0 Å². The van der Waals surface area contributed by atoms with Gasteiger partial charge >= 0.3 is 0 Å². The van der Waals surface area contributed by atoms with Gasteiger partial charge in [0.05, 0.1) is 11.0 Å². The monoisotopic (exact) mass is 276 g/mol. The number of aliphatic hydroxyl groups excluding tert-OH is 1. The number of likely N-dealkylation sites (tertiary alicyclic amines) is 1. The number of hydrogen-bond acceptors (Lipinski definition) is 4. The third-order valence-electron chi connectivity index (χ3n) is 3.58. The van der Waals surface area contributed by atoms with Gasteiger partial charge in [-0.2, -0.15) is 0 Å². The number of nitrogens with zero attached hydrogens (tertiary/aromatic N) is 2. The summed E-state index contributed by atoms with van der Waals surface area (Å²) in [5, 5.41) is 20.6. The van der Waals surface area contributed by atoms with E-state index >= 15 is 0 Å². The summed E-state index contributed by atoms with van der Waals surface area (Å²) in [6.45, 7) is 3.26. The van der Waals surface area contributed by atoms with E-state index in [9.17, 15) is 15.2 Å². The molecule has 0 spiro atoms. The lowest BCUT2D eigenvalue weighted by molar-refractivity contribution is -0.384. The van der Waals surface area contributed by atoms with E-state index in [1.54, 1.807) is 12.1 Å². The first-order valence-electron chi connectivity index (χ1n) is 6.96. The fourth-order valence-corrected chi connectivity index (χ4v) is 2.37. The summed E-state index contributed by atoms with van der Waals surface area (Å²) >= 11 is 0. The zero-order valence-corrected chi connectivity index (χ0v) is 11.4. The van der Waals surface area contributed by atoms with Crippen LogP contribution in [0.2, 0.25) is 0 Å². The lowest BCUT2D eigenvalue weighted by Crippen LogP contribution is -2.18. The molecule has 1 aliphatic heterocycles. The summed E-state index contributed by atoms with van der Waals surface area (Å²) in [5.41, 5.74) is 0.756. The summed E-state index contributed by atoms with van der Waals surface area (Å²) in [5.74, 6) is 0. The first kappa shape index (κ1) is 14.7. The molecular formula is C15H20N2O3. The topological polar surface area (TPSA) is 66.6 Å². The molecule has 1 aromatic carbocycles. The van der Waals surface area contributed by atoms with Crippen LogP contribution in [-0.4, -0.2) is 34.6 Å². The average Bonchev–Trinajstić information content (AvgIpc) is 2.96. The van der Waals surface area contributed by atoms with Crippen molar-refractivity contribution >= 4 is 5.69 Å². The van der Waals surface area contributed by atoms with E-state index in [0.29, 0.717) is 12.0 Å². The van der Waals surface area contributed by atoms with Gasteiger partial charge in [0.25, 0.3) is 5.69 Å².